The van der Waals surface area contributed by atoms with Crippen LogP contribution in [0.15, 0.2) is 24.3 Å². The summed E-state index contributed by atoms with van der Waals surface area (Å²) < 4.78 is 5.72. The molecular formula is C15H26N2O+2. The normalized spacial score (nSPS) is 23.9. The number of hydrogen-bond acceptors (Lipinski definition) is 1. The fourth-order valence-corrected chi connectivity index (χ4v) is 2.92. The van der Waals surface area contributed by atoms with E-state index in [1.54, 1.807) is 4.90 Å². The number of quaternary nitrogens is 2. The van der Waals surface area contributed by atoms with Crippen LogP contribution < -0.4 is 15.4 Å². The molecule has 0 spiro atoms. The van der Waals surface area contributed by atoms with Crippen LogP contribution in [-0.2, 0) is 6.54 Å². The van der Waals surface area contributed by atoms with Crippen LogP contribution in [0.25, 0.3) is 0 Å². The fraction of sp³-hybridized carbons (Fsp3) is 0.600. The molecule has 0 aromatic heterocycles. The van der Waals surface area contributed by atoms with E-state index in [-0.39, 0.29) is 0 Å². The number of piperidine rings is 1. The first-order valence-electron chi connectivity index (χ1n) is 7.19. The number of ether oxygens (including phenoxy) is 1. The van der Waals surface area contributed by atoms with E-state index in [4.69, 9.17) is 4.74 Å². The molecule has 1 aliphatic heterocycles. The van der Waals surface area contributed by atoms with E-state index in [1.165, 1.54) is 31.4 Å². The third-order valence-electron chi connectivity index (χ3n) is 3.92. The van der Waals surface area contributed by atoms with Crippen LogP contribution >= 0.6 is 0 Å². The molecule has 3 heteroatoms. The summed E-state index contributed by atoms with van der Waals surface area (Å²) in [5.74, 6) is 1.06. The third-order valence-corrected chi connectivity index (χ3v) is 3.92. The van der Waals surface area contributed by atoms with Crippen molar-refractivity contribution in [3.05, 3.63) is 29.8 Å². The van der Waals surface area contributed by atoms with Gasteiger partial charge in [0.15, 0.2) is 0 Å². The van der Waals surface area contributed by atoms with Crippen molar-refractivity contribution in [2.75, 3.05) is 19.7 Å². The molecule has 0 saturated carbocycles. The first-order valence-corrected chi connectivity index (χ1v) is 7.19. The van der Waals surface area contributed by atoms with Gasteiger partial charge in [-0.2, -0.15) is 0 Å². The zero-order valence-electron chi connectivity index (χ0n) is 11.5. The number of nitrogens with one attached hydrogen (secondary N) is 1. The van der Waals surface area contributed by atoms with Gasteiger partial charge in [-0.05, 0) is 31.9 Å². The van der Waals surface area contributed by atoms with Crippen LogP contribution in [0.3, 0.4) is 0 Å². The zero-order valence-corrected chi connectivity index (χ0v) is 11.5. The second-order valence-corrected chi connectivity index (χ2v) is 5.11. The number of hydrogen-bond donors (Lipinski definition) is 2. The number of rotatable bonds is 5. The molecule has 0 radical (unpaired) electrons. The van der Waals surface area contributed by atoms with E-state index in [0.717, 1.165) is 31.5 Å². The minimum Gasteiger partial charge on any atom is -0.493 e. The summed E-state index contributed by atoms with van der Waals surface area (Å²) in [5, 5.41) is 0. The van der Waals surface area contributed by atoms with Gasteiger partial charge < -0.3 is 15.4 Å². The molecule has 0 bridgehead atoms. The highest BCUT2D eigenvalue weighted by Gasteiger charge is 2.27. The number of benzene rings is 1. The maximum Gasteiger partial charge on any atom is 0.137 e. The monoisotopic (exact) mass is 250 g/mol. The van der Waals surface area contributed by atoms with Crippen LogP contribution in [0, 0.1) is 0 Å². The van der Waals surface area contributed by atoms with Crippen molar-refractivity contribution < 1.29 is 15.4 Å². The maximum absolute atomic E-state index is 5.72. The van der Waals surface area contributed by atoms with Crippen LogP contribution in [0.1, 0.15) is 31.7 Å². The van der Waals surface area contributed by atoms with Gasteiger partial charge in [0.2, 0.25) is 0 Å². The topological polar surface area (TPSA) is 41.3 Å². The van der Waals surface area contributed by atoms with Crippen LogP contribution in [0.5, 0.6) is 5.75 Å². The van der Waals surface area contributed by atoms with E-state index < -0.39 is 0 Å². The van der Waals surface area contributed by atoms with E-state index >= 15 is 0 Å². The molecule has 0 amide bonds. The van der Waals surface area contributed by atoms with Crippen LogP contribution in [-0.4, -0.2) is 25.7 Å². The Bertz CT molecular complexity index is 367. The first-order chi connectivity index (χ1) is 8.85. The second-order valence-electron chi connectivity index (χ2n) is 5.11. The number of likely N-dealkylation sites (tertiary alicyclic amines) is 1. The molecule has 2 unspecified atom stereocenters. The molecule has 1 aliphatic rings. The first kappa shape index (κ1) is 13.4. The highest BCUT2D eigenvalue weighted by atomic mass is 16.5. The lowest BCUT2D eigenvalue weighted by Crippen LogP contribution is -3.17. The van der Waals surface area contributed by atoms with E-state index in [2.05, 4.69) is 30.0 Å². The van der Waals surface area contributed by atoms with Gasteiger partial charge in [0.05, 0.1) is 13.2 Å². The summed E-state index contributed by atoms with van der Waals surface area (Å²) in [6, 6.07) is 9.18. The fourth-order valence-electron chi connectivity index (χ4n) is 2.92. The zero-order chi connectivity index (χ0) is 12.8. The standard InChI is InChI=1S/C15H24N2O/c1-2-18-15-9-4-3-7-13(15)12-17-10-6-5-8-14(17)11-16/h3-4,7,9,14H,2,5-6,8,10-12,16H2,1H3/p+2. The van der Waals surface area contributed by atoms with Crippen molar-refractivity contribution in [1.29, 1.82) is 0 Å². The Morgan fingerprint density at radius 3 is 2.94 bits per heavy atom. The molecule has 1 heterocycles. The largest absolute Gasteiger partial charge is 0.493 e. The summed E-state index contributed by atoms with van der Waals surface area (Å²) in [6.45, 7) is 6.19. The lowest BCUT2D eigenvalue weighted by molar-refractivity contribution is -0.949. The van der Waals surface area contributed by atoms with Gasteiger partial charge in [0, 0.05) is 12.0 Å². The number of para-hydroxylation sites is 1. The molecule has 0 aliphatic carbocycles. The smallest absolute Gasteiger partial charge is 0.137 e. The lowest BCUT2D eigenvalue weighted by Gasteiger charge is -2.31. The van der Waals surface area contributed by atoms with Crippen LogP contribution in [0.2, 0.25) is 0 Å². The Balaban J connectivity index is 2.07. The van der Waals surface area contributed by atoms with Crippen molar-refractivity contribution >= 4 is 0 Å². The van der Waals surface area contributed by atoms with Crippen molar-refractivity contribution in [3.63, 3.8) is 0 Å². The highest BCUT2D eigenvalue weighted by Crippen LogP contribution is 2.17. The summed E-state index contributed by atoms with van der Waals surface area (Å²) in [5.41, 5.74) is 5.45. The van der Waals surface area contributed by atoms with Crippen molar-refractivity contribution in [3.8, 4) is 5.75 Å². The summed E-state index contributed by atoms with van der Waals surface area (Å²) >= 11 is 0. The molecule has 1 aromatic carbocycles. The Morgan fingerprint density at radius 1 is 1.33 bits per heavy atom. The molecule has 100 valence electrons. The highest BCUT2D eigenvalue weighted by molar-refractivity contribution is 5.32. The minimum absolute atomic E-state index is 0.730. The average Bonchev–Trinajstić information content (AvgIpc) is 2.42. The van der Waals surface area contributed by atoms with Crippen LogP contribution in [0.4, 0.5) is 0 Å². The summed E-state index contributed by atoms with van der Waals surface area (Å²) in [7, 11) is 0. The molecule has 4 N–H and O–H groups in total. The van der Waals surface area contributed by atoms with E-state index in [0.29, 0.717) is 0 Å². The van der Waals surface area contributed by atoms with E-state index in [9.17, 15) is 0 Å². The summed E-state index contributed by atoms with van der Waals surface area (Å²) in [4.78, 5) is 1.68. The molecular weight excluding hydrogens is 224 g/mol. The quantitative estimate of drug-likeness (QED) is 0.773. The van der Waals surface area contributed by atoms with Gasteiger partial charge in [-0.3, -0.25) is 0 Å². The Labute approximate surface area is 110 Å². The van der Waals surface area contributed by atoms with Crippen molar-refractivity contribution in [2.24, 2.45) is 0 Å². The Kier molecular flexibility index (Phi) is 5.02. The molecule has 2 atom stereocenters. The van der Waals surface area contributed by atoms with Crippen molar-refractivity contribution in [1.82, 2.24) is 0 Å². The predicted octanol–water partition coefficient (Wildman–Crippen LogP) is 0.265. The van der Waals surface area contributed by atoms with E-state index in [1.807, 2.05) is 6.92 Å². The molecule has 1 aromatic rings. The van der Waals surface area contributed by atoms with Gasteiger partial charge in [-0.25, -0.2) is 0 Å². The Morgan fingerprint density at radius 2 is 2.17 bits per heavy atom. The predicted molar refractivity (Wildman–Crippen MR) is 72.5 cm³/mol. The molecule has 3 nitrogen and oxygen atoms in total. The SMILES string of the molecule is CCOc1ccccc1C[NH+]1CCCCC1C[NH3+]. The molecule has 1 saturated heterocycles. The molecule has 18 heavy (non-hydrogen) atoms. The van der Waals surface area contributed by atoms with Gasteiger partial charge in [0.25, 0.3) is 0 Å². The molecule has 1 fully saturated rings. The van der Waals surface area contributed by atoms with Gasteiger partial charge in [0.1, 0.15) is 24.9 Å². The van der Waals surface area contributed by atoms with Crippen molar-refractivity contribution in [2.45, 2.75) is 38.8 Å². The molecule has 2 rings (SSSR count). The third kappa shape index (κ3) is 3.24. The maximum atomic E-state index is 5.72. The Hall–Kier alpha value is -1.06. The summed E-state index contributed by atoms with van der Waals surface area (Å²) in [6.07, 6.45) is 4.05. The van der Waals surface area contributed by atoms with Gasteiger partial charge in [-0.1, -0.05) is 12.1 Å². The minimum atomic E-state index is 0.730. The lowest BCUT2D eigenvalue weighted by atomic mass is 10.0. The van der Waals surface area contributed by atoms with Gasteiger partial charge >= 0.3 is 0 Å². The average molecular weight is 250 g/mol. The van der Waals surface area contributed by atoms with Gasteiger partial charge in [-0.15, -0.1) is 0 Å². The second kappa shape index (κ2) is 6.76.